The molecule has 0 saturated carbocycles. The van der Waals surface area contributed by atoms with Crippen LogP contribution in [0.4, 0.5) is 0 Å². The van der Waals surface area contributed by atoms with Gasteiger partial charge in [-0.15, -0.1) is 0 Å². The Labute approximate surface area is 120 Å². The van der Waals surface area contributed by atoms with Crippen molar-refractivity contribution in [3.63, 3.8) is 0 Å². The summed E-state index contributed by atoms with van der Waals surface area (Å²) in [5, 5.41) is 2.86. The van der Waals surface area contributed by atoms with E-state index in [1.807, 2.05) is 24.3 Å². The second kappa shape index (κ2) is 9.15. The first-order valence-corrected chi connectivity index (χ1v) is 6.79. The van der Waals surface area contributed by atoms with E-state index in [0.29, 0.717) is 12.5 Å². The lowest BCUT2D eigenvalue weighted by atomic mass is 10.1. The maximum Gasteiger partial charge on any atom is 0.243 e. The Kier molecular flexibility index (Phi) is 7.43. The van der Waals surface area contributed by atoms with E-state index in [9.17, 15) is 4.79 Å². The maximum absolute atomic E-state index is 11.6. The number of hydrogen-bond donors (Lipinski definition) is 1. The highest BCUT2D eigenvalue weighted by Crippen LogP contribution is 2.13. The van der Waals surface area contributed by atoms with Gasteiger partial charge in [-0.2, -0.15) is 0 Å². The van der Waals surface area contributed by atoms with Crippen molar-refractivity contribution in [2.45, 2.75) is 20.3 Å². The molecular weight excluding hydrogens is 254 g/mol. The highest BCUT2D eigenvalue weighted by Gasteiger charge is 1.97. The van der Waals surface area contributed by atoms with Crippen LogP contribution in [0.1, 0.15) is 25.8 Å². The van der Waals surface area contributed by atoms with Gasteiger partial charge >= 0.3 is 0 Å². The summed E-state index contributed by atoms with van der Waals surface area (Å²) in [5.41, 5.74) is 0.953. The Bertz CT molecular complexity index is 424. The van der Waals surface area contributed by atoms with Gasteiger partial charge in [-0.05, 0) is 36.1 Å². The summed E-state index contributed by atoms with van der Waals surface area (Å²) in [6.07, 6.45) is 4.32. The molecule has 20 heavy (non-hydrogen) atoms. The Balaban J connectivity index is 2.39. The number of carbonyl (C=O) groups is 1. The number of amides is 1. The van der Waals surface area contributed by atoms with Gasteiger partial charge in [-0.1, -0.05) is 26.0 Å². The summed E-state index contributed by atoms with van der Waals surface area (Å²) >= 11 is 0. The van der Waals surface area contributed by atoms with E-state index in [2.05, 4.69) is 19.2 Å². The minimum absolute atomic E-state index is 0.0645. The van der Waals surface area contributed by atoms with Crippen LogP contribution in [-0.4, -0.2) is 26.4 Å². The summed E-state index contributed by atoms with van der Waals surface area (Å²) in [5.74, 6) is 1.27. The number of rotatable bonds is 8. The molecule has 0 saturated heterocycles. The Morgan fingerprint density at radius 2 is 2.00 bits per heavy atom. The molecule has 0 aliphatic carbocycles. The van der Waals surface area contributed by atoms with Crippen molar-refractivity contribution in [1.82, 2.24) is 5.32 Å². The van der Waals surface area contributed by atoms with Crippen molar-refractivity contribution < 1.29 is 14.3 Å². The Morgan fingerprint density at radius 1 is 1.30 bits per heavy atom. The van der Waals surface area contributed by atoms with E-state index < -0.39 is 0 Å². The Hall–Kier alpha value is -1.81. The molecule has 4 nitrogen and oxygen atoms in total. The van der Waals surface area contributed by atoms with Gasteiger partial charge < -0.3 is 14.8 Å². The molecule has 0 atom stereocenters. The van der Waals surface area contributed by atoms with E-state index >= 15 is 0 Å². The molecule has 1 rings (SSSR count). The van der Waals surface area contributed by atoms with Crippen LogP contribution < -0.4 is 10.1 Å². The topological polar surface area (TPSA) is 47.6 Å². The van der Waals surface area contributed by atoms with E-state index in [1.165, 1.54) is 0 Å². The summed E-state index contributed by atoms with van der Waals surface area (Å²) in [6, 6.07) is 7.47. The lowest BCUT2D eigenvalue weighted by Gasteiger charge is -2.05. The molecule has 110 valence electrons. The molecule has 0 bridgehead atoms. The first-order chi connectivity index (χ1) is 9.61. The fourth-order valence-corrected chi connectivity index (χ4v) is 1.52. The summed E-state index contributed by atoms with van der Waals surface area (Å²) < 4.78 is 10.1. The van der Waals surface area contributed by atoms with E-state index in [1.54, 1.807) is 19.3 Å². The van der Waals surface area contributed by atoms with Crippen molar-refractivity contribution in [3.8, 4) is 5.75 Å². The number of nitrogens with one attached hydrogen (secondary N) is 1. The minimum Gasteiger partial charge on any atom is -0.468 e. The van der Waals surface area contributed by atoms with Crippen LogP contribution in [0.2, 0.25) is 0 Å². The molecule has 1 amide bonds. The van der Waals surface area contributed by atoms with Gasteiger partial charge in [0.05, 0.1) is 0 Å². The molecule has 0 aliphatic heterocycles. The zero-order valence-electron chi connectivity index (χ0n) is 12.4. The van der Waals surface area contributed by atoms with E-state index in [0.717, 1.165) is 17.7 Å². The summed E-state index contributed by atoms with van der Waals surface area (Å²) in [7, 11) is 1.58. The van der Waals surface area contributed by atoms with Crippen molar-refractivity contribution in [2.24, 2.45) is 5.92 Å². The normalized spacial score (nSPS) is 11.0. The second-order valence-corrected chi connectivity index (χ2v) is 4.93. The third kappa shape index (κ3) is 6.95. The average molecular weight is 277 g/mol. The van der Waals surface area contributed by atoms with E-state index in [-0.39, 0.29) is 12.7 Å². The number of hydrogen-bond acceptors (Lipinski definition) is 3. The zero-order chi connectivity index (χ0) is 14.8. The third-order valence-electron chi connectivity index (χ3n) is 2.67. The minimum atomic E-state index is -0.0645. The molecule has 0 aromatic heterocycles. The molecule has 0 unspecified atom stereocenters. The molecule has 0 heterocycles. The van der Waals surface area contributed by atoms with Crippen LogP contribution in [-0.2, 0) is 9.53 Å². The lowest BCUT2D eigenvalue weighted by Crippen LogP contribution is -2.23. The van der Waals surface area contributed by atoms with Gasteiger partial charge in [0.15, 0.2) is 6.79 Å². The number of benzene rings is 1. The van der Waals surface area contributed by atoms with Gasteiger partial charge in [0, 0.05) is 19.7 Å². The van der Waals surface area contributed by atoms with Gasteiger partial charge in [0.1, 0.15) is 5.75 Å². The van der Waals surface area contributed by atoms with Crippen LogP contribution in [0.5, 0.6) is 5.75 Å². The predicted molar refractivity (Wildman–Crippen MR) is 80.4 cm³/mol. The van der Waals surface area contributed by atoms with Crippen molar-refractivity contribution >= 4 is 12.0 Å². The number of ether oxygens (including phenoxy) is 2. The highest BCUT2D eigenvalue weighted by atomic mass is 16.7. The van der Waals surface area contributed by atoms with Crippen LogP contribution in [0.15, 0.2) is 30.3 Å². The molecule has 1 aromatic carbocycles. The molecule has 0 spiro atoms. The molecular formula is C16H23NO3. The Morgan fingerprint density at radius 3 is 2.60 bits per heavy atom. The zero-order valence-corrected chi connectivity index (χ0v) is 12.4. The molecule has 0 aliphatic rings. The molecule has 4 heteroatoms. The smallest absolute Gasteiger partial charge is 0.243 e. The molecule has 1 aromatic rings. The van der Waals surface area contributed by atoms with Crippen molar-refractivity contribution in [2.75, 3.05) is 20.4 Å². The third-order valence-corrected chi connectivity index (χ3v) is 2.67. The SMILES string of the molecule is COCOc1ccc(/C=C/C(=O)NCCC(C)C)cc1. The van der Waals surface area contributed by atoms with Crippen molar-refractivity contribution in [3.05, 3.63) is 35.9 Å². The monoisotopic (exact) mass is 277 g/mol. The van der Waals surface area contributed by atoms with E-state index in [4.69, 9.17) is 9.47 Å². The van der Waals surface area contributed by atoms with Gasteiger partial charge in [-0.25, -0.2) is 0 Å². The maximum atomic E-state index is 11.6. The van der Waals surface area contributed by atoms with Gasteiger partial charge in [-0.3, -0.25) is 4.79 Å². The standard InChI is InChI=1S/C16H23NO3/c1-13(2)10-11-17-16(18)9-6-14-4-7-15(8-5-14)20-12-19-3/h4-9,13H,10-12H2,1-3H3,(H,17,18)/b9-6+. The first kappa shape index (κ1) is 16.2. The molecule has 1 N–H and O–H groups in total. The second-order valence-electron chi connectivity index (χ2n) is 4.93. The lowest BCUT2D eigenvalue weighted by molar-refractivity contribution is -0.116. The van der Waals surface area contributed by atoms with Crippen molar-refractivity contribution in [1.29, 1.82) is 0 Å². The summed E-state index contributed by atoms with van der Waals surface area (Å²) in [4.78, 5) is 11.6. The van der Waals surface area contributed by atoms with Crippen LogP contribution >= 0.6 is 0 Å². The van der Waals surface area contributed by atoms with Crippen LogP contribution in [0.25, 0.3) is 6.08 Å². The fourth-order valence-electron chi connectivity index (χ4n) is 1.52. The molecule has 0 radical (unpaired) electrons. The largest absolute Gasteiger partial charge is 0.468 e. The average Bonchev–Trinajstić information content (AvgIpc) is 2.43. The van der Waals surface area contributed by atoms with Crippen LogP contribution in [0, 0.1) is 5.92 Å². The quantitative estimate of drug-likeness (QED) is 0.587. The fraction of sp³-hybridized carbons (Fsp3) is 0.438. The van der Waals surface area contributed by atoms with Crippen LogP contribution in [0.3, 0.4) is 0 Å². The number of carbonyl (C=O) groups excluding carboxylic acids is 1. The van der Waals surface area contributed by atoms with Gasteiger partial charge in [0.2, 0.25) is 5.91 Å². The molecule has 0 fully saturated rings. The summed E-state index contributed by atoms with van der Waals surface area (Å²) in [6.45, 7) is 5.21. The predicted octanol–water partition coefficient (Wildman–Crippen LogP) is 2.84. The van der Waals surface area contributed by atoms with Gasteiger partial charge in [0.25, 0.3) is 0 Å². The number of methoxy groups -OCH3 is 1. The highest BCUT2D eigenvalue weighted by molar-refractivity contribution is 5.91. The first-order valence-electron chi connectivity index (χ1n) is 6.79.